The maximum Gasteiger partial charge on any atom is 0.339 e. The van der Waals surface area contributed by atoms with Gasteiger partial charge in [0.25, 0.3) is 5.91 Å². The Morgan fingerprint density at radius 3 is 2.50 bits per heavy atom. The number of carboxylic acids is 1. The third kappa shape index (κ3) is 2.69. The van der Waals surface area contributed by atoms with Crippen LogP contribution in [0.2, 0.25) is 0 Å². The van der Waals surface area contributed by atoms with Gasteiger partial charge in [-0.15, -0.1) is 0 Å². The summed E-state index contributed by atoms with van der Waals surface area (Å²) < 4.78 is 5.61. The van der Waals surface area contributed by atoms with Gasteiger partial charge in [0.2, 0.25) is 0 Å². The minimum atomic E-state index is -1.24. The molecule has 3 aromatic rings. The molecule has 6 nitrogen and oxygen atoms in total. The number of furan rings is 1. The number of aromatic hydroxyl groups is 1. The zero-order chi connectivity index (χ0) is 17.4. The smallest absolute Gasteiger partial charge is 0.339 e. The van der Waals surface area contributed by atoms with E-state index in [0.29, 0.717) is 5.58 Å². The van der Waals surface area contributed by atoms with Crippen LogP contribution in [0.25, 0.3) is 11.0 Å². The van der Waals surface area contributed by atoms with E-state index < -0.39 is 17.6 Å². The Balaban J connectivity index is 1.91. The number of hydrogen-bond donors (Lipinski definition) is 3. The SMILES string of the molecule is Cc1ccc2oc(C(=O)Nc3ccc(C(=O)O)c(O)c3)c(C)c2c1. The zero-order valence-electron chi connectivity index (χ0n) is 13.1. The molecule has 24 heavy (non-hydrogen) atoms. The molecule has 0 saturated heterocycles. The van der Waals surface area contributed by atoms with Crippen LogP contribution in [0.15, 0.2) is 40.8 Å². The van der Waals surface area contributed by atoms with Crippen molar-refractivity contribution in [1.29, 1.82) is 0 Å². The monoisotopic (exact) mass is 325 g/mol. The highest BCUT2D eigenvalue weighted by Gasteiger charge is 2.18. The summed E-state index contributed by atoms with van der Waals surface area (Å²) in [5, 5.41) is 22.0. The molecule has 6 heteroatoms. The van der Waals surface area contributed by atoms with E-state index in [4.69, 9.17) is 9.52 Å². The molecule has 3 rings (SSSR count). The summed E-state index contributed by atoms with van der Waals surface area (Å²) in [7, 11) is 0. The standard InChI is InChI=1S/C18H15NO5/c1-9-3-6-15-13(7-9)10(2)16(24-15)17(21)19-11-4-5-12(18(22)23)14(20)8-11/h3-8,20H,1-2H3,(H,19,21)(H,22,23). The summed E-state index contributed by atoms with van der Waals surface area (Å²) in [5.41, 5.74) is 2.44. The Kier molecular flexibility index (Phi) is 3.73. The van der Waals surface area contributed by atoms with Crippen LogP contribution in [0.1, 0.15) is 32.0 Å². The lowest BCUT2D eigenvalue weighted by atomic mass is 10.1. The lowest BCUT2D eigenvalue weighted by Gasteiger charge is -2.06. The highest BCUT2D eigenvalue weighted by Crippen LogP contribution is 2.28. The minimum absolute atomic E-state index is 0.178. The molecule has 0 aliphatic heterocycles. The van der Waals surface area contributed by atoms with Gasteiger partial charge in [-0.05, 0) is 38.1 Å². The van der Waals surface area contributed by atoms with Crippen molar-refractivity contribution in [1.82, 2.24) is 0 Å². The topological polar surface area (TPSA) is 99.8 Å². The van der Waals surface area contributed by atoms with E-state index >= 15 is 0 Å². The predicted molar refractivity (Wildman–Crippen MR) is 88.7 cm³/mol. The molecule has 0 spiro atoms. The summed E-state index contributed by atoms with van der Waals surface area (Å²) in [5.74, 6) is -1.95. The number of fused-ring (bicyclic) bond motifs is 1. The summed E-state index contributed by atoms with van der Waals surface area (Å²) >= 11 is 0. The van der Waals surface area contributed by atoms with Crippen molar-refractivity contribution in [2.24, 2.45) is 0 Å². The Morgan fingerprint density at radius 1 is 1.08 bits per heavy atom. The van der Waals surface area contributed by atoms with Gasteiger partial charge in [0, 0.05) is 22.7 Å². The molecule has 1 aromatic heterocycles. The molecule has 1 heterocycles. The third-order valence-electron chi connectivity index (χ3n) is 3.78. The van der Waals surface area contributed by atoms with E-state index in [1.807, 2.05) is 25.1 Å². The van der Waals surface area contributed by atoms with Crippen molar-refractivity contribution in [3.63, 3.8) is 0 Å². The molecule has 1 amide bonds. The van der Waals surface area contributed by atoms with Gasteiger partial charge >= 0.3 is 5.97 Å². The molecule has 3 N–H and O–H groups in total. The molecule has 2 aromatic carbocycles. The van der Waals surface area contributed by atoms with Gasteiger partial charge in [0.15, 0.2) is 5.76 Å². The van der Waals surface area contributed by atoms with E-state index in [2.05, 4.69) is 5.32 Å². The fourth-order valence-electron chi connectivity index (χ4n) is 2.53. The van der Waals surface area contributed by atoms with Gasteiger partial charge in [-0.3, -0.25) is 4.79 Å². The largest absolute Gasteiger partial charge is 0.507 e. The highest BCUT2D eigenvalue weighted by molar-refractivity contribution is 6.06. The first kappa shape index (κ1) is 15.6. The minimum Gasteiger partial charge on any atom is -0.507 e. The number of benzene rings is 2. The number of aromatic carboxylic acids is 1. The van der Waals surface area contributed by atoms with Crippen LogP contribution in [0, 0.1) is 13.8 Å². The molecule has 0 fully saturated rings. The number of nitrogens with one attached hydrogen (secondary N) is 1. The number of carbonyl (C=O) groups is 2. The highest BCUT2D eigenvalue weighted by atomic mass is 16.4. The number of phenols is 1. The summed E-state index contributed by atoms with van der Waals surface area (Å²) in [6.45, 7) is 3.75. The Bertz CT molecular complexity index is 971. The molecule has 0 radical (unpaired) electrons. The molecule has 0 aliphatic rings. The average molecular weight is 325 g/mol. The lowest BCUT2D eigenvalue weighted by molar-refractivity contribution is 0.0693. The fourth-order valence-corrected chi connectivity index (χ4v) is 2.53. The Hall–Kier alpha value is -3.28. The number of aryl methyl sites for hydroxylation is 2. The van der Waals surface area contributed by atoms with Gasteiger partial charge in [0.05, 0.1) is 0 Å². The van der Waals surface area contributed by atoms with Crippen molar-refractivity contribution < 1.29 is 24.2 Å². The van der Waals surface area contributed by atoms with Crippen molar-refractivity contribution in [3.8, 4) is 5.75 Å². The van der Waals surface area contributed by atoms with Gasteiger partial charge in [-0.1, -0.05) is 11.6 Å². The number of rotatable bonds is 3. The van der Waals surface area contributed by atoms with Crippen LogP contribution in [-0.4, -0.2) is 22.1 Å². The normalized spacial score (nSPS) is 10.8. The zero-order valence-corrected chi connectivity index (χ0v) is 13.1. The first-order chi connectivity index (χ1) is 11.4. The summed E-state index contributed by atoms with van der Waals surface area (Å²) in [6, 6.07) is 9.46. The number of anilines is 1. The van der Waals surface area contributed by atoms with Crippen LogP contribution < -0.4 is 5.32 Å². The van der Waals surface area contributed by atoms with E-state index in [1.165, 1.54) is 18.2 Å². The number of carbonyl (C=O) groups excluding carboxylic acids is 1. The second-order valence-corrected chi connectivity index (χ2v) is 5.55. The molecule has 0 aliphatic carbocycles. The molecule has 0 bridgehead atoms. The lowest BCUT2D eigenvalue weighted by Crippen LogP contribution is -2.12. The van der Waals surface area contributed by atoms with Crippen molar-refractivity contribution in [2.45, 2.75) is 13.8 Å². The molecular weight excluding hydrogens is 310 g/mol. The van der Waals surface area contributed by atoms with Crippen LogP contribution in [0.4, 0.5) is 5.69 Å². The van der Waals surface area contributed by atoms with E-state index in [9.17, 15) is 14.7 Å². The van der Waals surface area contributed by atoms with Crippen molar-refractivity contribution in [3.05, 3.63) is 58.8 Å². The van der Waals surface area contributed by atoms with Crippen molar-refractivity contribution in [2.75, 3.05) is 5.32 Å². The Morgan fingerprint density at radius 2 is 1.83 bits per heavy atom. The number of hydrogen-bond acceptors (Lipinski definition) is 4. The molecule has 0 atom stereocenters. The maximum absolute atomic E-state index is 12.4. The Labute approximate surface area is 137 Å². The van der Waals surface area contributed by atoms with Gasteiger partial charge in [0.1, 0.15) is 16.9 Å². The second-order valence-electron chi connectivity index (χ2n) is 5.55. The molecule has 122 valence electrons. The molecule has 0 unspecified atom stereocenters. The number of amides is 1. The third-order valence-corrected chi connectivity index (χ3v) is 3.78. The molecule has 0 saturated carbocycles. The van der Waals surface area contributed by atoms with Crippen molar-refractivity contribution >= 4 is 28.5 Å². The summed E-state index contributed by atoms with van der Waals surface area (Å²) in [6.07, 6.45) is 0. The maximum atomic E-state index is 12.4. The second kappa shape index (κ2) is 5.73. The molecular formula is C18H15NO5. The van der Waals surface area contributed by atoms with Gasteiger partial charge < -0.3 is 19.9 Å². The van der Waals surface area contributed by atoms with E-state index in [-0.39, 0.29) is 17.0 Å². The quantitative estimate of drug-likeness (QED) is 0.681. The van der Waals surface area contributed by atoms with Gasteiger partial charge in [-0.25, -0.2) is 4.79 Å². The average Bonchev–Trinajstić information content (AvgIpc) is 2.84. The van der Waals surface area contributed by atoms with E-state index in [1.54, 1.807) is 6.92 Å². The van der Waals surface area contributed by atoms with Crippen LogP contribution >= 0.6 is 0 Å². The fraction of sp³-hybridized carbons (Fsp3) is 0.111. The van der Waals surface area contributed by atoms with E-state index in [0.717, 1.165) is 16.5 Å². The number of carboxylic acid groups (broad SMARTS) is 1. The summed E-state index contributed by atoms with van der Waals surface area (Å²) in [4.78, 5) is 23.3. The van der Waals surface area contributed by atoms with Crippen LogP contribution in [0.3, 0.4) is 0 Å². The van der Waals surface area contributed by atoms with Gasteiger partial charge in [-0.2, -0.15) is 0 Å². The van der Waals surface area contributed by atoms with Crippen LogP contribution in [-0.2, 0) is 0 Å². The first-order valence-corrected chi connectivity index (χ1v) is 7.24. The van der Waals surface area contributed by atoms with Crippen LogP contribution in [0.5, 0.6) is 5.75 Å². The predicted octanol–water partition coefficient (Wildman–Crippen LogP) is 3.71. The first-order valence-electron chi connectivity index (χ1n) is 7.24.